The van der Waals surface area contributed by atoms with Crippen molar-refractivity contribution < 1.29 is 14.3 Å². The number of hydrogen-bond acceptors (Lipinski definition) is 4. The first-order chi connectivity index (χ1) is 13.0. The lowest BCUT2D eigenvalue weighted by Gasteiger charge is -2.36. The number of piperazine rings is 1. The van der Waals surface area contributed by atoms with Gasteiger partial charge in [-0.3, -0.25) is 9.59 Å². The fourth-order valence-corrected chi connectivity index (χ4v) is 3.27. The molecule has 0 radical (unpaired) electrons. The molecule has 27 heavy (non-hydrogen) atoms. The molecule has 1 heterocycles. The third-order valence-electron chi connectivity index (χ3n) is 4.41. The topological polar surface area (TPSA) is 61.9 Å². The lowest BCUT2D eigenvalue weighted by atomic mass is 10.2. The van der Waals surface area contributed by atoms with Crippen LogP contribution in [-0.2, 0) is 9.59 Å². The number of carbonyl (C=O) groups excluding carboxylic acids is 2. The van der Waals surface area contributed by atoms with Crippen molar-refractivity contribution in [3.8, 4) is 5.75 Å². The number of amides is 2. The van der Waals surface area contributed by atoms with Crippen molar-refractivity contribution in [2.45, 2.75) is 6.92 Å². The van der Waals surface area contributed by atoms with Crippen LogP contribution in [-0.4, -0.2) is 49.5 Å². The van der Waals surface area contributed by atoms with Crippen molar-refractivity contribution in [2.75, 3.05) is 43.0 Å². The smallest absolute Gasteiger partial charge is 0.262 e. The van der Waals surface area contributed by atoms with Crippen LogP contribution in [0, 0.1) is 0 Å². The predicted octanol–water partition coefficient (Wildman–Crippen LogP) is 3.03. The Kier molecular flexibility index (Phi) is 6.19. The summed E-state index contributed by atoms with van der Waals surface area (Å²) in [5.74, 6) is 0.486. The lowest BCUT2D eigenvalue weighted by Crippen LogP contribution is -2.48. The highest BCUT2D eigenvalue weighted by molar-refractivity contribution is 6.33. The van der Waals surface area contributed by atoms with E-state index in [1.165, 1.54) is 0 Å². The maximum absolute atomic E-state index is 12.1. The normalized spacial score (nSPS) is 14.0. The standard InChI is InChI=1S/C20H22ClN3O3/c1-15(25)23-9-11-24(12-10-23)19-8-7-16(13-18(19)21)22-20(26)14-27-17-5-3-2-4-6-17/h2-8,13H,9-12,14H2,1H3,(H,22,26). The molecule has 2 amide bonds. The van der Waals surface area contributed by atoms with Crippen molar-refractivity contribution in [2.24, 2.45) is 0 Å². The molecule has 3 rings (SSSR count). The molecular formula is C20H22ClN3O3. The van der Waals surface area contributed by atoms with Crippen LogP contribution < -0.4 is 15.0 Å². The zero-order valence-corrected chi connectivity index (χ0v) is 15.9. The maximum Gasteiger partial charge on any atom is 0.262 e. The minimum absolute atomic E-state index is 0.0730. The van der Waals surface area contributed by atoms with E-state index in [0.29, 0.717) is 29.5 Å². The van der Waals surface area contributed by atoms with Gasteiger partial charge >= 0.3 is 0 Å². The van der Waals surface area contributed by atoms with Gasteiger partial charge in [0.25, 0.3) is 5.91 Å². The van der Waals surface area contributed by atoms with E-state index in [-0.39, 0.29) is 18.4 Å². The quantitative estimate of drug-likeness (QED) is 0.856. The number of benzene rings is 2. The second-order valence-corrected chi connectivity index (χ2v) is 6.72. The van der Waals surface area contributed by atoms with Gasteiger partial charge in [0.1, 0.15) is 5.75 Å². The molecule has 2 aromatic carbocycles. The molecule has 0 spiro atoms. The number of carbonyl (C=O) groups is 2. The summed E-state index contributed by atoms with van der Waals surface area (Å²) < 4.78 is 5.43. The van der Waals surface area contributed by atoms with Crippen LogP contribution in [0.1, 0.15) is 6.92 Å². The molecule has 142 valence electrons. The van der Waals surface area contributed by atoms with E-state index in [1.54, 1.807) is 25.1 Å². The van der Waals surface area contributed by atoms with E-state index >= 15 is 0 Å². The zero-order chi connectivity index (χ0) is 19.2. The van der Waals surface area contributed by atoms with Crippen LogP contribution >= 0.6 is 11.6 Å². The second-order valence-electron chi connectivity index (χ2n) is 6.31. The van der Waals surface area contributed by atoms with Crippen molar-refractivity contribution in [3.63, 3.8) is 0 Å². The molecule has 0 aliphatic carbocycles. The summed E-state index contributed by atoms with van der Waals surface area (Å²) in [6, 6.07) is 14.6. The second kappa shape index (κ2) is 8.77. The fourth-order valence-electron chi connectivity index (χ4n) is 2.97. The van der Waals surface area contributed by atoms with Gasteiger partial charge in [-0.15, -0.1) is 0 Å². The van der Waals surface area contributed by atoms with Gasteiger partial charge in [0.05, 0.1) is 10.7 Å². The number of anilines is 2. The largest absolute Gasteiger partial charge is 0.484 e. The average molecular weight is 388 g/mol. The molecule has 1 aliphatic heterocycles. The third-order valence-corrected chi connectivity index (χ3v) is 4.71. The van der Waals surface area contributed by atoms with Gasteiger partial charge in [-0.1, -0.05) is 29.8 Å². The Bertz CT molecular complexity index is 805. The Morgan fingerprint density at radius 3 is 2.41 bits per heavy atom. The summed E-state index contributed by atoms with van der Waals surface area (Å²) in [6.07, 6.45) is 0. The van der Waals surface area contributed by atoms with Crippen molar-refractivity contribution >= 4 is 34.8 Å². The molecule has 2 aromatic rings. The number of rotatable bonds is 5. The Morgan fingerprint density at radius 2 is 1.78 bits per heavy atom. The Morgan fingerprint density at radius 1 is 1.07 bits per heavy atom. The van der Waals surface area contributed by atoms with E-state index < -0.39 is 0 Å². The summed E-state index contributed by atoms with van der Waals surface area (Å²) in [4.78, 5) is 27.5. The molecule has 6 nitrogen and oxygen atoms in total. The Labute approximate surface area is 163 Å². The van der Waals surface area contributed by atoms with Crippen LogP contribution in [0.5, 0.6) is 5.75 Å². The summed E-state index contributed by atoms with van der Waals surface area (Å²) >= 11 is 6.41. The van der Waals surface area contributed by atoms with E-state index in [9.17, 15) is 9.59 Å². The first-order valence-corrected chi connectivity index (χ1v) is 9.18. The third kappa shape index (κ3) is 5.14. The summed E-state index contributed by atoms with van der Waals surface area (Å²) in [6.45, 7) is 4.34. The molecule has 0 aromatic heterocycles. The molecule has 0 atom stereocenters. The number of nitrogens with zero attached hydrogens (tertiary/aromatic N) is 2. The van der Waals surface area contributed by atoms with Crippen LogP contribution in [0.4, 0.5) is 11.4 Å². The van der Waals surface area contributed by atoms with Gasteiger partial charge in [0.2, 0.25) is 5.91 Å². The van der Waals surface area contributed by atoms with Crippen LogP contribution in [0.15, 0.2) is 48.5 Å². The van der Waals surface area contributed by atoms with E-state index in [1.807, 2.05) is 35.2 Å². The Balaban J connectivity index is 1.55. The molecule has 1 fully saturated rings. The molecule has 0 unspecified atom stereocenters. The number of halogens is 1. The van der Waals surface area contributed by atoms with Gasteiger partial charge in [-0.05, 0) is 30.3 Å². The molecule has 1 aliphatic rings. The van der Waals surface area contributed by atoms with E-state index in [2.05, 4.69) is 10.2 Å². The highest BCUT2D eigenvalue weighted by Gasteiger charge is 2.20. The SMILES string of the molecule is CC(=O)N1CCN(c2ccc(NC(=O)COc3ccccc3)cc2Cl)CC1. The number of nitrogens with one attached hydrogen (secondary N) is 1. The molecular weight excluding hydrogens is 366 g/mol. The Hall–Kier alpha value is -2.73. The van der Waals surface area contributed by atoms with Crippen LogP contribution in [0.25, 0.3) is 0 Å². The molecule has 1 N–H and O–H groups in total. The summed E-state index contributed by atoms with van der Waals surface area (Å²) in [5.41, 5.74) is 1.52. The molecule has 7 heteroatoms. The van der Waals surface area contributed by atoms with E-state index in [0.717, 1.165) is 18.8 Å². The van der Waals surface area contributed by atoms with Crippen molar-refractivity contribution in [3.05, 3.63) is 53.6 Å². The maximum atomic E-state index is 12.1. The highest BCUT2D eigenvalue weighted by Crippen LogP contribution is 2.29. The van der Waals surface area contributed by atoms with Gasteiger partial charge in [-0.2, -0.15) is 0 Å². The average Bonchev–Trinajstić information content (AvgIpc) is 2.67. The summed E-state index contributed by atoms with van der Waals surface area (Å²) in [5, 5.41) is 3.35. The predicted molar refractivity (Wildman–Crippen MR) is 106 cm³/mol. The fraction of sp³-hybridized carbons (Fsp3) is 0.300. The lowest BCUT2D eigenvalue weighted by molar-refractivity contribution is -0.129. The monoisotopic (exact) mass is 387 g/mol. The van der Waals surface area contributed by atoms with E-state index in [4.69, 9.17) is 16.3 Å². The first kappa shape index (κ1) is 19.0. The molecule has 0 saturated carbocycles. The van der Waals surface area contributed by atoms with Gasteiger partial charge < -0.3 is 19.9 Å². The van der Waals surface area contributed by atoms with Crippen molar-refractivity contribution in [1.29, 1.82) is 0 Å². The molecule has 1 saturated heterocycles. The minimum atomic E-state index is -0.252. The highest BCUT2D eigenvalue weighted by atomic mass is 35.5. The molecule has 0 bridgehead atoms. The number of ether oxygens (including phenoxy) is 1. The van der Waals surface area contributed by atoms with Gasteiger partial charge in [-0.25, -0.2) is 0 Å². The van der Waals surface area contributed by atoms with Gasteiger partial charge in [0, 0.05) is 38.8 Å². The van der Waals surface area contributed by atoms with Crippen LogP contribution in [0.3, 0.4) is 0 Å². The van der Waals surface area contributed by atoms with Crippen LogP contribution in [0.2, 0.25) is 5.02 Å². The van der Waals surface area contributed by atoms with Gasteiger partial charge in [0.15, 0.2) is 6.61 Å². The number of hydrogen-bond donors (Lipinski definition) is 1. The van der Waals surface area contributed by atoms with Crippen molar-refractivity contribution in [1.82, 2.24) is 4.90 Å². The first-order valence-electron chi connectivity index (χ1n) is 8.80. The summed E-state index contributed by atoms with van der Waals surface area (Å²) in [7, 11) is 0. The minimum Gasteiger partial charge on any atom is -0.484 e. The zero-order valence-electron chi connectivity index (χ0n) is 15.2. The number of para-hydroxylation sites is 1.